The first-order valence-electron chi connectivity index (χ1n) is 42.9. The van der Waals surface area contributed by atoms with Crippen molar-refractivity contribution in [3.63, 3.8) is 0 Å². The number of amides is 14. The van der Waals surface area contributed by atoms with Crippen LogP contribution in [0.1, 0.15) is 152 Å². The number of ketones is 1. The van der Waals surface area contributed by atoms with E-state index in [0.29, 0.717) is 32.4 Å². The van der Waals surface area contributed by atoms with Gasteiger partial charge in [-0.1, -0.05) is 106 Å². The Morgan fingerprint density at radius 1 is 0.583 bits per heavy atom. The Morgan fingerprint density at radius 2 is 1.17 bits per heavy atom. The average molecular weight is 1810 g/mol. The molecule has 0 aromatic heterocycles. The molecule has 0 unspecified atom stereocenters. The molecule has 0 saturated carbocycles. The highest BCUT2D eigenvalue weighted by Gasteiger charge is 2.44. The number of esters is 1. The van der Waals surface area contributed by atoms with E-state index in [9.17, 15) is 107 Å². The predicted octanol–water partition coefficient (Wildman–Crippen LogP) is -4.07. The van der Waals surface area contributed by atoms with Crippen LogP contribution in [0.25, 0.3) is 0 Å². The fourth-order valence-corrected chi connectivity index (χ4v) is 13.7. The van der Waals surface area contributed by atoms with Crippen molar-refractivity contribution in [2.24, 2.45) is 35.0 Å². The summed E-state index contributed by atoms with van der Waals surface area (Å²) in [7, 11) is 8.23. The predicted molar refractivity (Wildman–Crippen MR) is 458 cm³/mol. The molecule has 1 aromatic rings. The van der Waals surface area contributed by atoms with Crippen molar-refractivity contribution in [3.8, 4) is 0 Å². The quantitative estimate of drug-likeness (QED) is 0.0218. The number of methoxy groups -OCH3 is 2. The van der Waals surface area contributed by atoms with E-state index in [4.69, 9.17) is 28.8 Å². The number of aliphatic hydroxyl groups excluding tert-OH is 5. The maximum Gasteiger partial charge on any atom is 0.407 e. The van der Waals surface area contributed by atoms with Gasteiger partial charge in [0.2, 0.25) is 76.8 Å². The first-order chi connectivity index (χ1) is 59.7. The van der Waals surface area contributed by atoms with E-state index in [-0.39, 0.29) is 105 Å². The summed E-state index contributed by atoms with van der Waals surface area (Å²) in [5, 5.41) is 88.5. The third kappa shape index (κ3) is 43.0. The van der Waals surface area contributed by atoms with Gasteiger partial charge in [0, 0.05) is 92.5 Å². The van der Waals surface area contributed by atoms with Crippen LogP contribution < -0.4 is 63.8 Å². The molecule has 18 N–H and O–H groups in total. The fraction of sp³-hybridized carbons (Fsp3) is 0.726. The van der Waals surface area contributed by atoms with Gasteiger partial charge in [0.15, 0.2) is 5.78 Å². The number of likely N-dealkylation sites (tertiary alicyclic amines) is 1. The molecule has 16 atom stereocenters. The van der Waals surface area contributed by atoms with Gasteiger partial charge in [-0.05, 0) is 75.4 Å². The van der Waals surface area contributed by atoms with Gasteiger partial charge >= 0.3 is 18.0 Å². The summed E-state index contributed by atoms with van der Waals surface area (Å²) in [6.07, 6.45) is -11.6. The number of nitrogens with one attached hydrogen (secondary N) is 12. The number of aliphatic hydroxyl groups is 5. The van der Waals surface area contributed by atoms with Crippen LogP contribution in [0.15, 0.2) is 30.3 Å². The van der Waals surface area contributed by atoms with Gasteiger partial charge in [0.25, 0.3) is 0 Å². The van der Waals surface area contributed by atoms with Gasteiger partial charge in [-0.15, -0.1) is 0 Å². The number of benzene rings is 1. The maximum atomic E-state index is 14.6. The number of hydrogen-bond donors (Lipinski definition) is 18. The molecule has 43 nitrogen and oxygen atoms in total. The standard InChI is InChI=1S/C84H141N15O28/c1-17-50(6)72(98(14)80(118)70(48(2)3)96-79(117)71(49(4)5)97(12)13)61(123-15)39-69(111)99-34-21-25-58(99)75(124-16)51(7)76(114)95-57(37-53-23-19-18-20-24-53)78(116)86-31-22-35-126-82(121)52(8)93-64(106)27-26-56(81(119)120)94-65(107)29-33-87-83(122)127-46-54(77(115)92-41-59(102)73(112)74(113)60(103)45-100)38-55(101)40-88-66(108)43-90-68(110)44-91-67(109)42-89-62(104)28-32-85-63(105)30-36-125-47-84(9,10)11/h18-20,23-24,48-52,54,56-61,70-75,100,102-103,112-113H,17,21-22,25-47H2,1-16H3,(H,85,105)(H,86,116)(H,87,122)(H,88,108)(H,89,104)(H,90,110)(H,91,109)(H,92,115)(H,93,106)(H,94,107)(H,95,114)(H,96,117)(H,119,120)/t50-,51+,52-,54-,56-,57-,58-,59-,60+,61+,70-,71-,72-,73+,74+,75+/m0/s1. The zero-order valence-electron chi connectivity index (χ0n) is 76.2. The molecule has 1 fully saturated rings. The summed E-state index contributed by atoms with van der Waals surface area (Å²) in [6, 6.07) is 2.39. The third-order valence-corrected chi connectivity index (χ3v) is 20.9. The number of likely N-dealkylation sites (N-methyl/N-ethyl adjacent to an activating group) is 2. The molecule has 2 rings (SSSR count). The normalized spacial score (nSPS) is 16.2. The molecule has 1 aliphatic heterocycles. The zero-order valence-corrected chi connectivity index (χ0v) is 76.2. The van der Waals surface area contributed by atoms with Crippen LogP contribution in [0.2, 0.25) is 0 Å². The molecular formula is C84H141N15O28. The second kappa shape index (κ2) is 59.1. The Labute approximate surface area is 742 Å². The summed E-state index contributed by atoms with van der Waals surface area (Å²) < 4.78 is 28.0. The molecule has 1 saturated heterocycles. The summed E-state index contributed by atoms with van der Waals surface area (Å²) in [5.74, 6) is -14.6. The monoisotopic (exact) mass is 1810 g/mol. The summed E-state index contributed by atoms with van der Waals surface area (Å²) in [4.78, 5) is 228. The van der Waals surface area contributed by atoms with Gasteiger partial charge in [-0.3, -0.25) is 72.0 Å². The molecule has 1 heterocycles. The maximum absolute atomic E-state index is 14.6. The van der Waals surface area contributed by atoms with E-state index in [1.807, 2.05) is 81.3 Å². The van der Waals surface area contributed by atoms with Gasteiger partial charge in [-0.25, -0.2) is 14.4 Å². The number of nitrogens with zero attached hydrogens (tertiary/aromatic N) is 3. The van der Waals surface area contributed by atoms with E-state index < -0.39 is 246 Å². The van der Waals surface area contributed by atoms with Gasteiger partial charge in [0.1, 0.15) is 49.1 Å². The molecule has 0 radical (unpaired) electrons. The lowest BCUT2D eigenvalue weighted by atomic mass is 9.89. The highest BCUT2D eigenvalue weighted by molar-refractivity contribution is 5.94. The smallest absolute Gasteiger partial charge is 0.407 e. The highest BCUT2D eigenvalue weighted by Crippen LogP contribution is 2.30. The van der Waals surface area contributed by atoms with Crippen molar-refractivity contribution in [2.75, 3.05) is 127 Å². The molecule has 43 heteroatoms. The fourth-order valence-electron chi connectivity index (χ4n) is 13.7. The number of carbonyl (C=O) groups excluding carboxylic acids is 16. The minimum Gasteiger partial charge on any atom is -0.480 e. The lowest BCUT2D eigenvalue weighted by molar-refractivity contribution is -0.148. The molecule has 0 bridgehead atoms. The van der Waals surface area contributed by atoms with E-state index in [1.165, 1.54) is 21.1 Å². The van der Waals surface area contributed by atoms with E-state index in [0.717, 1.165) is 5.56 Å². The number of carboxylic acids is 1. The van der Waals surface area contributed by atoms with Gasteiger partial charge in [0.05, 0.1) is 107 Å². The largest absolute Gasteiger partial charge is 0.480 e. The first-order valence-corrected chi connectivity index (χ1v) is 42.9. The van der Waals surface area contributed by atoms with E-state index in [1.54, 1.807) is 54.1 Å². The topological polar surface area (TPSA) is 612 Å². The highest BCUT2D eigenvalue weighted by atomic mass is 16.6. The van der Waals surface area contributed by atoms with Crippen molar-refractivity contribution in [3.05, 3.63) is 35.9 Å². The molecule has 0 aliphatic carbocycles. The number of hydrogen-bond acceptors (Lipinski definition) is 28. The molecule has 14 amide bonds. The van der Waals surface area contributed by atoms with E-state index in [2.05, 4.69) is 63.8 Å². The van der Waals surface area contributed by atoms with Crippen molar-refractivity contribution >= 4 is 101 Å². The third-order valence-electron chi connectivity index (χ3n) is 20.9. The van der Waals surface area contributed by atoms with Crippen LogP contribution in [0, 0.1) is 35.0 Å². The number of aliphatic carboxylic acids is 1. The van der Waals surface area contributed by atoms with Crippen molar-refractivity contribution in [2.45, 2.75) is 232 Å². The van der Waals surface area contributed by atoms with Crippen LogP contribution in [-0.4, -0.2) is 352 Å². The SMILES string of the molecule is CC[C@H](C)[C@@H]([C@@H](CC(=O)N1CCC[C@H]1[C@H](OC)[C@@H](C)C(=O)N[C@@H](Cc1ccccc1)C(=O)NCCCOC(=O)[C@H](C)NC(=O)CC[C@H](NC(=O)CCNC(=O)OC[C@H](CC(=O)CNC(=O)CNC(=O)CNC(=O)CNC(=O)CCNC(=O)CCOCC(C)(C)C)C(=O)NC[C@H](O)[C@@H](O)[C@H](O)[C@H](O)CO)C(=O)O)OC)N(C)C(=O)[C@@H](NC(=O)[C@H](C(C)C)N(C)C)C(C)C. The van der Waals surface area contributed by atoms with Crippen LogP contribution >= 0.6 is 0 Å². The molecule has 1 aliphatic rings. The summed E-state index contributed by atoms with van der Waals surface area (Å²) >= 11 is 0. The van der Waals surface area contributed by atoms with Gasteiger partial charge in [-0.2, -0.15) is 0 Å². The summed E-state index contributed by atoms with van der Waals surface area (Å²) in [6.45, 7) is 15.3. The Hall–Kier alpha value is -10.1. The van der Waals surface area contributed by atoms with Crippen molar-refractivity contribution in [1.29, 1.82) is 0 Å². The van der Waals surface area contributed by atoms with E-state index >= 15 is 0 Å². The van der Waals surface area contributed by atoms with Gasteiger partial charge < -0.3 is 128 Å². The Balaban J connectivity index is 1.97. The van der Waals surface area contributed by atoms with Crippen LogP contribution in [-0.2, 0) is 107 Å². The number of carbonyl (C=O) groups is 17. The lowest BCUT2D eigenvalue weighted by Crippen LogP contribution is -2.59. The second-order valence-electron chi connectivity index (χ2n) is 33.6. The molecular weight excluding hydrogens is 1670 g/mol. The number of carboxylic acid groups (broad SMARTS) is 1. The minimum absolute atomic E-state index is 0.00895. The van der Waals surface area contributed by atoms with Crippen molar-refractivity contribution in [1.82, 2.24) is 78.5 Å². The number of Topliss-reactive ketones (excluding diaryl/α,β-unsaturated/α-hetero) is 1. The first kappa shape index (κ1) is 113. The Kier molecular flexibility index (Phi) is 52.5. The number of alkyl carbamates (subject to hydrolysis) is 1. The molecule has 127 heavy (non-hydrogen) atoms. The second-order valence-corrected chi connectivity index (χ2v) is 33.6. The van der Waals surface area contributed by atoms with Crippen LogP contribution in [0.4, 0.5) is 4.79 Å². The number of rotatable bonds is 61. The number of ether oxygens (including phenoxy) is 5. The minimum atomic E-state index is -2.12. The lowest BCUT2D eigenvalue weighted by Gasteiger charge is -2.41. The van der Waals surface area contributed by atoms with Crippen LogP contribution in [0.5, 0.6) is 0 Å². The molecule has 1 aromatic carbocycles. The Bertz CT molecular complexity index is 3700. The summed E-state index contributed by atoms with van der Waals surface area (Å²) in [5.41, 5.74) is 0.648. The molecule has 0 spiro atoms. The Morgan fingerprint density at radius 3 is 1.73 bits per heavy atom. The molecule has 720 valence electrons. The van der Waals surface area contributed by atoms with Crippen LogP contribution in [0.3, 0.4) is 0 Å². The average Bonchev–Trinajstić information content (AvgIpc) is 1.68. The van der Waals surface area contributed by atoms with Crippen molar-refractivity contribution < 1.29 is 136 Å². The zero-order chi connectivity index (χ0) is 96.0.